The quantitative estimate of drug-likeness (QED) is 0.387. The molecule has 0 spiro atoms. The lowest BCUT2D eigenvalue weighted by Gasteiger charge is -2.14. The van der Waals surface area contributed by atoms with E-state index < -0.39 is 12.0 Å². The highest BCUT2D eigenvalue weighted by atomic mass is 16.5. The van der Waals surface area contributed by atoms with Crippen LogP contribution in [0.2, 0.25) is 0 Å². The van der Waals surface area contributed by atoms with Gasteiger partial charge in [0.25, 0.3) is 0 Å². The predicted molar refractivity (Wildman–Crippen MR) is 117 cm³/mol. The van der Waals surface area contributed by atoms with Crippen molar-refractivity contribution in [2.45, 2.75) is 13.8 Å². The summed E-state index contributed by atoms with van der Waals surface area (Å²) in [6, 6.07) is 6.43. The van der Waals surface area contributed by atoms with Crippen molar-refractivity contribution in [2.24, 2.45) is 0 Å². The van der Waals surface area contributed by atoms with Gasteiger partial charge in [-0.05, 0) is 19.9 Å². The minimum atomic E-state index is -0.517. The van der Waals surface area contributed by atoms with Crippen LogP contribution in [-0.4, -0.2) is 58.0 Å². The molecule has 3 N–H and O–H groups in total. The minimum Gasteiger partial charge on any atom is -0.497 e. The van der Waals surface area contributed by atoms with Gasteiger partial charge >= 0.3 is 12.0 Å². The summed E-state index contributed by atoms with van der Waals surface area (Å²) in [4.78, 5) is 28.6. The second kappa shape index (κ2) is 11.5. The van der Waals surface area contributed by atoms with Gasteiger partial charge in [-0.3, -0.25) is 0 Å². The van der Waals surface area contributed by atoms with Crippen molar-refractivity contribution in [2.75, 3.05) is 51.7 Å². The lowest BCUT2D eigenvalue weighted by atomic mass is 10.2. The lowest BCUT2D eigenvalue weighted by molar-refractivity contribution is 0.0525. The van der Waals surface area contributed by atoms with Crippen LogP contribution in [0.4, 0.5) is 16.2 Å². The fourth-order valence-corrected chi connectivity index (χ4v) is 2.70. The van der Waals surface area contributed by atoms with Crippen LogP contribution in [0.5, 0.6) is 17.4 Å². The summed E-state index contributed by atoms with van der Waals surface area (Å²) in [5.41, 5.74) is 1.76. The number of methoxy groups -OCH3 is 3. The highest BCUT2D eigenvalue weighted by molar-refractivity contribution is 5.95. The van der Waals surface area contributed by atoms with E-state index in [4.69, 9.17) is 18.9 Å². The Kier molecular flexibility index (Phi) is 8.74. The predicted octanol–water partition coefficient (Wildman–Crippen LogP) is 2.83. The summed E-state index contributed by atoms with van der Waals surface area (Å²) in [6.07, 6.45) is 0. The maximum Gasteiger partial charge on any atom is 0.340 e. The zero-order valence-corrected chi connectivity index (χ0v) is 18.3. The van der Waals surface area contributed by atoms with Crippen LogP contribution < -0.4 is 30.2 Å². The van der Waals surface area contributed by atoms with E-state index in [1.807, 2.05) is 12.1 Å². The molecule has 31 heavy (non-hydrogen) atoms. The molecule has 10 heteroatoms. The number of hydrogen-bond acceptors (Lipinski definition) is 8. The first-order valence-electron chi connectivity index (χ1n) is 9.66. The first-order valence-corrected chi connectivity index (χ1v) is 9.66. The average molecular weight is 432 g/mol. The number of aromatic nitrogens is 1. The minimum absolute atomic E-state index is 0.197. The summed E-state index contributed by atoms with van der Waals surface area (Å²) in [5, 5.41) is 8.55. The van der Waals surface area contributed by atoms with Crippen LogP contribution in [-0.2, 0) is 4.74 Å². The number of amides is 2. The van der Waals surface area contributed by atoms with Gasteiger partial charge in [0.2, 0.25) is 5.88 Å². The molecule has 0 radical (unpaired) electrons. The number of benzene rings is 1. The number of carbonyl (C=O) groups is 2. The molecule has 168 valence electrons. The zero-order chi connectivity index (χ0) is 22.8. The molecule has 0 unspecified atom stereocenters. The summed E-state index contributed by atoms with van der Waals surface area (Å²) < 4.78 is 20.7. The van der Waals surface area contributed by atoms with Gasteiger partial charge in [0, 0.05) is 37.0 Å². The van der Waals surface area contributed by atoms with Crippen molar-refractivity contribution >= 4 is 23.4 Å². The monoisotopic (exact) mass is 432 g/mol. The Morgan fingerprint density at radius 3 is 2.23 bits per heavy atom. The standard InChI is InChI=1S/C21H28N4O6/c1-6-31-20(26)17-12-18(19(30-5)24-13(17)2)25-21(27)23-8-7-22-14-9-15(28-3)11-16(10-14)29-4/h9-12,22H,6-8H2,1-5H3,(H2,23,25,27). The van der Waals surface area contributed by atoms with Gasteiger partial charge in [-0.2, -0.15) is 0 Å². The second-order valence-electron chi connectivity index (χ2n) is 6.31. The number of hydrogen-bond donors (Lipinski definition) is 3. The number of aryl methyl sites for hydroxylation is 1. The van der Waals surface area contributed by atoms with E-state index in [0.717, 1.165) is 5.69 Å². The van der Waals surface area contributed by atoms with Crippen LogP contribution >= 0.6 is 0 Å². The van der Waals surface area contributed by atoms with E-state index in [-0.39, 0.29) is 23.7 Å². The molecule has 0 atom stereocenters. The van der Waals surface area contributed by atoms with Gasteiger partial charge in [-0.15, -0.1) is 0 Å². The maximum atomic E-state index is 12.3. The largest absolute Gasteiger partial charge is 0.497 e. The Balaban J connectivity index is 1.95. The zero-order valence-electron chi connectivity index (χ0n) is 18.3. The molecule has 0 fully saturated rings. The third kappa shape index (κ3) is 6.66. The topological polar surface area (TPSA) is 120 Å². The average Bonchev–Trinajstić information content (AvgIpc) is 2.77. The Bertz CT molecular complexity index is 897. The Morgan fingerprint density at radius 1 is 0.968 bits per heavy atom. The summed E-state index contributed by atoms with van der Waals surface area (Å²) in [6.45, 7) is 4.41. The fraction of sp³-hybridized carbons (Fsp3) is 0.381. The smallest absolute Gasteiger partial charge is 0.340 e. The van der Waals surface area contributed by atoms with Gasteiger partial charge in [0.1, 0.15) is 17.2 Å². The summed E-state index contributed by atoms with van der Waals surface area (Å²) in [5.74, 6) is 0.992. The van der Waals surface area contributed by atoms with Gasteiger partial charge in [-0.25, -0.2) is 14.6 Å². The highest BCUT2D eigenvalue weighted by Crippen LogP contribution is 2.26. The number of esters is 1. The van der Waals surface area contributed by atoms with Crippen LogP contribution in [0, 0.1) is 6.92 Å². The van der Waals surface area contributed by atoms with E-state index >= 15 is 0 Å². The number of rotatable bonds is 10. The van der Waals surface area contributed by atoms with Crippen LogP contribution in [0.15, 0.2) is 24.3 Å². The molecular weight excluding hydrogens is 404 g/mol. The van der Waals surface area contributed by atoms with Crippen LogP contribution in [0.3, 0.4) is 0 Å². The molecule has 10 nitrogen and oxygen atoms in total. The maximum absolute atomic E-state index is 12.3. The molecule has 0 bridgehead atoms. The van der Waals surface area contributed by atoms with Gasteiger partial charge in [0.05, 0.1) is 39.2 Å². The second-order valence-corrected chi connectivity index (χ2v) is 6.31. The first-order chi connectivity index (χ1) is 14.9. The molecule has 0 aliphatic carbocycles. The lowest BCUT2D eigenvalue weighted by Crippen LogP contribution is -2.33. The molecule has 2 amide bonds. The van der Waals surface area contributed by atoms with Gasteiger partial charge in [-0.1, -0.05) is 0 Å². The Hall–Kier alpha value is -3.69. The van der Waals surface area contributed by atoms with Crippen LogP contribution in [0.25, 0.3) is 0 Å². The van der Waals surface area contributed by atoms with Gasteiger partial charge < -0.3 is 34.9 Å². The molecule has 2 aromatic rings. The van der Waals surface area contributed by atoms with E-state index in [9.17, 15) is 9.59 Å². The van der Waals surface area contributed by atoms with E-state index in [1.165, 1.54) is 13.2 Å². The summed E-state index contributed by atoms with van der Waals surface area (Å²) >= 11 is 0. The molecule has 0 aliphatic heterocycles. The van der Waals surface area contributed by atoms with Crippen LogP contribution in [0.1, 0.15) is 23.0 Å². The normalized spacial score (nSPS) is 10.1. The number of pyridine rings is 1. The molecule has 0 aliphatic rings. The molecule has 1 aromatic carbocycles. The molecule has 0 saturated heterocycles. The van der Waals surface area contributed by atoms with Crippen molar-refractivity contribution in [1.82, 2.24) is 10.3 Å². The SMILES string of the molecule is CCOC(=O)c1cc(NC(=O)NCCNc2cc(OC)cc(OC)c2)c(OC)nc1C. The third-order valence-corrected chi connectivity index (χ3v) is 4.21. The van der Waals surface area contributed by atoms with Crippen molar-refractivity contribution in [3.05, 3.63) is 35.5 Å². The van der Waals surface area contributed by atoms with Crippen molar-refractivity contribution < 1.29 is 28.5 Å². The number of urea groups is 1. The first kappa shape index (κ1) is 23.6. The number of nitrogens with one attached hydrogen (secondary N) is 3. The summed E-state index contributed by atoms with van der Waals surface area (Å²) in [7, 11) is 4.58. The Labute approximate surface area is 181 Å². The van der Waals surface area contributed by atoms with E-state index in [1.54, 1.807) is 34.1 Å². The van der Waals surface area contributed by atoms with Gasteiger partial charge in [0.15, 0.2) is 0 Å². The molecule has 2 rings (SSSR count). The number of anilines is 2. The Morgan fingerprint density at radius 2 is 1.65 bits per heavy atom. The molecule has 1 heterocycles. The third-order valence-electron chi connectivity index (χ3n) is 4.21. The highest BCUT2D eigenvalue weighted by Gasteiger charge is 2.17. The van der Waals surface area contributed by atoms with E-state index in [0.29, 0.717) is 30.3 Å². The van der Waals surface area contributed by atoms with Crippen molar-refractivity contribution in [3.8, 4) is 17.4 Å². The molecule has 0 saturated carbocycles. The molecule has 1 aromatic heterocycles. The number of ether oxygens (including phenoxy) is 4. The molecular formula is C21H28N4O6. The number of carbonyl (C=O) groups excluding carboxylic acids is 2. The van der Waals surface area contributed by atoms with Crippen molar-refractivity contribution in [3.63, 3.8) is 0 Å². The van der Waals surface area contributed by atoms with Crippen molar-refractivity contribution in [1.29, 1.82) is 0 Å². The fourth-order valence-electron chi connectivity index (χ4n) is 2.70. The van der Waals surface area contributed by atoms with E-state index in [2.05, 4.69) is 20.9 Å². The number of nitrogens with zero attached hydrogens (tertiary/aromatic N) is 1.